The number of carboxylic acids is 1. The molecular formula is C12H11N2O2S-. The van der Waals surface area contributed by atoms with Gasteiger partial charge in [0.2, 0.25) is 0 Å². The molecule has 0 N–H and O–H groups in total. The average molecular weight is 247 g/mol. The Labute approximate surface area is 103 Å². The molecule has 17 heavy (non-hydrogen) atoms. The van der Waals surface area contributed by atoms with E-state index in [4.69, 9.17) is 0 Å². The normalized spacial score (nSPS) is 12.5. The van der Waals surface area contributed by atoms with Gasteiger partial charge in [-0.1, -0.05) is 36.9 Å². The van der Waals surface area contributed by atoms with Crippen LogP contribution in [0.1, 0.15) is 13.3 Å². The molecule has 0 saturated carbocycles. The molecular weight excluding hydrogens is 236 g/mol. The van der Waals surface area contributed by atoms with E-state index < -0.39 is 11.2 Å². The molecule has 0 fully saturated rings. The van der Waals surface area contributed by atoms with Gasteiger partial charge in [0.05, 0.1) is 16.7 Å². The minimum absolute atomic E-state index is 0.505. The van der Waals surface area contributed by atoms with Gasteiger partial charge < -0.3 is 9.90 Å². The van der Waals surface area contributed by atoms with E-state index in [1.807, 2.05) is 31.2 Å². The summed E-state index contributed by atoms with van der Waals surface area (Å²) in [4.78, 5) is 19.2. The summed E-state index contributed by atoms with van der Waals surface area (Å²) in [5, 5.41) is 11.9. The fourth-order valence-electron chi connectivity index (χ4n) is 1.51. The molecule has 88 valence electrons. The number of para-hydroxylation sites is 1. The summed E-state index contributed by atoms with van der Waals surface area (Å²) in [5.41, 5.74) is 0.818. The highest BCUT2D eigenvalue weighted by Gasteiger charge is 2.12. The zero-order valence-corrected chi connectivity index (χ0v) is 10.1. The number of fused-ring (bicyclic) bond motifs is 1. The smallest absolute Gasteiger partial charge is 0.117 e. The van der Waals surface area contributed by atoms with Gasteiger partial charge >= 0.3 is 0 Å². The largest absolute Gasteiger partial charge is 0.549 e. The molecule has 2 rings (SSSR count). The van der Waals surface area contributed by atoms with E-state index in [2.05, 4.69) is 9.97 Å². The van der Waals surface area contributed by atoms with Crippen molar-refractivity contribution in [1.29, 1.82) is 0 Å². The average Bonchev–Trinajstić information content (AvgIpc) is 2.35. The molecule has 4 nitrogen and oxygen atoms in total. The monoisotopic (exact) mass is 247 g/mol. The van der Waals surface area contributed by atoms with E-state index in [-0.39, 0.29) is 0 Å². The predicted octanol–water partition coefficient (Wildman–Crippen LogP) is 1.25. The summed E-state index contributed by atoms with van der Waals surface area (Å²) in [6.45, 7) is 1.82. The first kappa shape index (κ1) is 11.9. The molecule has 0 spiro atoms. The molecule has 1 heterocycles. The maximum absolute atomic E-state index is 10.9. The number of carbonyl (C=O) groups is 1. The van der Waals surface area contributed by atoms with Gasteiger partial charge in [0.1, 0.15) is 11.4 Å². The Hall–Kier alpha value is -1.62. The second-order valence-electron chi connectivity index (χ2n) is 3.53. The molecule has 0 radical (unpaired) electrons. The highest BCUT2D eigenvalue weighted by molar-refractivity contribution is 8.00. The van der Waals surface area contributed by atoms with E-state index in [9.17, 15) is 9.90 Å². The Morgan fingerprint density at radius 2 is 2.18 bits per heavy atom. The van der Waals surface area contributed by atoms with E-state index in [0.717, 1.165) is 10.9 Å². The standard InChI is InChI=1S/C12H12N2O2S/c1-2-10(12(15)16)17-11-8-5-3-4-6-9(8)13-7-14-11/h3-7,10H,2H2,1H3,(H,15,16)/p-1. The summed E-state index contributed by atoms with van der Waals surface area (Å²) >= 11 is 1.21. The SMILES string of the molecule is CCC(Sc1ncnc2ccccc12)C(=O)[O-]. The van der Waals surface area contributed by atoms with Gasteiger partial charge in [-0.05, 0) is 12.5 Å². The fourth-order valence-corrected chi connectivity index (χ4v) is 2.45. The zero-order valence-electron chi connectivity index (χ0n) is 9.29. The van der Waals surface area contributed by atoms with E-state index >= 15 is 0 Å². The van der Waals surface area contributed by atoms with Crippen molar-refractivity contribution < 1.29 is 9.90 Å². The maximum atomic E-state index is 10.9. The van der Waals surface area contributed by atoms with Gasteiger partial charge in [0.25, 0.3) is 0 Å². The molecule has 0 saturated heterocycles. The first-order valence-electron chi connectivity index (χ1n) is 5.29. The molecule has 5 heteroatoms. The molecule has 0 amide bonds. The van der Waals surface area contributed by atoms with Gasteiger partial charge in [-0.2, -0.15) is 0 Å². The van der Waals surface area contributed by atoms with Crippen LogP contribution >= 0.6 is 11.8 Å². The lowest BCUT2D eigenvalue weighted by Crippen LogP contribution is -2.33. The molecule has 1 unspecified atom stereocenters. The van der Waals surface area contributed by atoms with Crippen molar-refractivity contribution in [3.05, 3.63) is 30.6 Å². The van der Waals surface area contributed by atoms with Gasteiger partial charge in [-0.25, -0.2) is 9.97 Å². The van der Waals surface area contributed by atoms with Crippen molar-refractivity contribution >= 4 is 28.6 Å². The number of rotatable bonds is 4. The van der Waals surface area contributed by atoms with Crippen LogP contribution in [0.4, 0.5) is 0 Å². The lowest BCUT2D eigenvalue weighted by Gasteiger charge is -2.15. The van der Waals surface area contributed by atoms with E-state index in [1.165, 1.54) is 18.1 Å². The van der Waals surface area contributed by atoms with Crippen molar-refractivity contribution in [1.82, 2.24) is 9.97 Å². The summed E-state index contributed by atoms with van der Waals surface area (Å²) in [5.74, 6) is -1.06. The third-order valence-electron chi connectivity index (χ3n) is 2.39. The maximum Gasteiger partial charge on any atom is 0.117 e. The number of thioether (sulfide) groups is 1. The Balaban J connectivity index is 2.38. The Morgan fingerprint density at radius 1 is 1.41 bits per heavy atom. The van der Waals surface area contributed by atoms with Crippen LogP contribution in [-0.2, 0) is 4.79 Å². The number of hydrogen-bond acceptors (Lipinski definition) is 5. The zero-order chi connectivity index (χ0) is 12.3. The summed E-state index contributed by atoms with van der Waals surface area (Å²) in [6, 6.07) is 7.54. The highest BCUT2D eigenvalue weighted by atomic mass is 32.2. The highest BCUT2D eigenvalue weighted by Crippen LogP contribution is 2.28. The molecule has 1 aromatic heterocycles. The Kier molecular flexibility index (Phi) is 3.58. The van der Waals surface area contributed by atoms with Gasteiger partial charge in [-0.15, -0.1) is 0 Å². The molecule has 1 atom stereocenters. The van der Waals surface area contributed by atoms with E-state index in [1.54, 1.807) is 0 Å². The number of aromatic nitrogens is 2. The van der Waals surface area contributed by atoms with Gasteiger partial charge in [0, 0.05) is 5.39 Å². The van der Waals surface area contributed by atoms with Crippen molar-refractivity contribution in [2.24, 2.45) is 0 Å². The number of carbonyl (C=O) groups excluding carboxylic acids is 1. The number of benzene rings is 1. The van der Waals surface area contributed by atoms with Gasteiger partial charge in [0.15, 0.2) is 0 Å². The van der Waals surface area contributed by atoms with Crippen LogP contribution in [0.5, 0.6) is 0 Å². The summed E-state index contributed by atoms with van der Waals surface area (Å²) in [6.07, 6.45) is 1.96. The second kappa shape index (κ2) is 5.14. The molecule has 2 aromatic rings. The molecule has 0 aliphatic carbocycles. The fraction of sp³-hybridized carbons (Fsp3) is 0.250. The van der Waals surface area contributed by atoms with Crippen molar-refractivity contribution in [2.75, 3.05) is 0 Å². The second-order valence-corrected chi connectivity index (χ2v) is 4.72. The number of hydrogen-bond donors (Lipinski definition) is 0. The Morgan fingerprint density at radius 3 is 2.88 bits per heavy atom. The first-order chi connectivity index (χ1) is 8.22. The predicted molar refractivity (Wildman–Crippen MR) is 64.5 cm³/mol. The van der Waals surface area contributed by atoms with Crippen LogP contribution in [0.25, 0.3) is 10.9 Å². The minimum atomic E-state index is -1.06. The van der Waals surface area contributed by atoms with Crippen molar-refractivity contribution in [3.8, 4) is 0 Å². The van der Waals surface area contributed by atoms with E-state index in [0.29, 0.717) is 11.4 Å². The summed E-state index contributed by atoms with van der Waals surface area (Å²) in [7, 11) is 0. The minimum Gasteiger partial charge on any atom is -0.549 e. The number of nitrogens with zero attached hydrogens (tertiary/aromatic N) is 2. The van der Waals surface area contributed by atoms with Crippen LogP contribution in [0.15, 0.2) is 35.6 Å². The van der Waals surface area contributed by atoms with Crippen LogP contribution in [-0.4, -0.2) is 21.2 Å². The molecule has 1 aromatic carbocycles. The van der Waals surface area contributed by atoms with Crippen molar-refractivity contribution in [3.63, 3.8) is 0 Å². The third kappa shape index (κ3) is 2.55. The number of carboxylic acid groups (broad SMARTS) is 1. The summed E-state index contributed by atoms with van der Waals surface area (Å²) < 4.78 is 0. The lowest BCUT2D eigenvalue weighted by atomic mass is 10.2. The van der Waals surface area contributed by atoms with Gasteiger partial charge in [-0.3, -0.25) is 0 Å². The molecule has 0 aliphatic heterocycles. The lowest BCUT2D eigenvalue weighted by molar-refractivity contribution is -0.304. The first-order valence-corrected chi connectivity index (χ1v) is 6.17. The quantitative estimate of drug-likeness (QED) is 0.601. The van der Waals surface area contributed by atoms with Crippen LogP contribution in [0.3, 0.4) is 0 Å². The van der Waals surface area contributed by atoms with Crippen molar-refractivity contribution in [2.45, 2.75) is 23.6 Å². The van der Waals surface area contributed by atoms with Crippen LogP contribution in [0.2, 0.25) is 0 Å². The topological polar surface area (TPSA) is 65.9 Å². The molecule has 0 bridgehead atoms. The Bertz CT molecular complexity index is 540. The van der Waals surface area contributed by atoms with Crippen LogP contribution < -0.4 is 5.11 Å². The van der Waals surface area contributed by atoms with Crippen LogP contribution in [0, 0.1) is 0 Å². The molecule has 0 aliphatic rings. The number of aliphatic carboxylic acids is 1. The third-order valence-corrected chi connectivity index (χ3v) is 3.75.